The second-order valence-electron chi connectivity index (χ2n) is 8.61. The number of methoxy groups -OCH3 is 1. The Kier molecular flexibility index (Phi) is 6.54. The third kappa shape index (κ3) is 4.36. The molecule has 1 aromatic heterocycles. The molecule has 0 saturated carbocycles. The van der Waals surface area contributed by atoms with Gasteiger partial charge in [-0.3, -0.25) is 9.78 Å². The first-order valence-corrected chi connectivity index (χ1v) is 11.7. The highest BCUT2D eigenvalue weighted by molar-refractivity contribution is 6.11. The number of amides is 1. The van der Waals surface area contributed by atoms with Crippen molar-refractivity contribution in [1.82, 2.24) is 4.98 Å². The van der Waals surface area contributed by atoms with Crippen LogP contribution < -0.4 is 10.1 Å². The molecule has 8 heteroatoms. The van der Waals surface area contributed by atoms with Crippen molar-refractivity contribution < 1.29 is 28.5 Å². The second-order valence-corrected chi connectivity index (χ2v) is 8.61. The number of esters is 1. The van der Waals surface area contributed by atoms with Gasteiger partial charge in [-0.15, -0.1) is 0 Å². The zero-order chi connectivity index (χ0) is 25.1. The molecule has 0 spiro atoms. The van der Waals surface area contributed by atoms with Crippen LogP contribution in [0.2, 0.25) is 0 Å². The number of aromatic nitrogens is 1. The lowest BCUT2D eigenvalue weighted by Gasteiger charge is -2.36. The van der Waals surface area contributed by atoms with Crippen LogP contribution in [0.4, 0.5) is 5.69 Å². The molecule has 36 heavy (non-hydrogen) atoms. The first-order chi connectivity index (χ1) is 17.5. The minimum Gasteiger partial charge on any atom is -0.484 e. The molecule has 184 valence electrons. The van der Waals surface area contributed by atoms with E-state index >= 15 is 0 Å². The number of ether oxygens (including phenoxy) is 4. The molecule has 3 aromatic rings. The van der Waals surface area contributed by atoms with E-state index in [4.69, 9.17) is 18.9 Å². The van der Waals surface area contributed by atoms with E-state index in [0.29, 0.717) is 17.9 Å². The highest BCUT2D eigenvalue weighted by Gasteiger charge is 2.66. The summed E-state index contributed by atoms with van der Waals surface area (Å²) in [6, 6.07) is 22.3. The van der Waals surface area contributed by atoms with Gasteiger partial charge in [0.2, 0.25) is 5.79 Å². The number of hydrogen-bond donors (Lipinski definition) is 1. The Labute approximate surface area is 208 Å². The molecule has 1 fully saturated rings. The molecular formula is C28H26N2O6. The fraction of sp³-hybridized carbons (Fsp3) is 0.250. The summed E-state index contributed by atoms with van der Waals surface area (Å²) in [4.78, 5) is 30.7. The van der Waals surface area contributed by atoms with Crippen molar-refractivity contribution in [3.63, 3.8) is 0 Å². The molecule has 2 aromatic carbocycles. The summed E-state index contributed by atoms with van der Waals surface area (Å²) in [5.74, 6) is -2.27. The van der Waals surface area contributed by atoms with Crippen LogP contribution in [0.1, 0.15) is 12.5 Å². The van der Waals surface area contributed by atoms with Crippen molar-refractivity contribution in [2.24, 2.45) is 0 Å². The zero-order valence-corrected chi connectivity index (χ0v) is 19.9. The van der Waals surface area contributed by atoms with Gasteiger partial charge in [0.1, 0.15) is 17.4 Å². The van der Waals surface area contributed by atoms with Gasteiger partial charge in [-0.2, -0.15) is 0 Å². The summed E-state index contributed by atoms with van der Waals surface area (Å²) >= 11 is 0. The minimum atomic E-state index is -1.65. The molecule has 4 atom stereocenters. The van der Waals surface area contributed by atoms with Gasteiger partial charge in [-0.25, -0.2) is 4.79 Å². The number of para-hydroxylation sites is 1. The standard InChI is InChI=1S/C28H26N2O6/c1-18-25-23(26(31)30-20-12-9-15-29-17-20)24(27(32)33-2)28(35-18,36-25)22(16-19-10-5-3-6-11-19)34-21-13-7-4-8-14-21/h3-15,17-18,22,25H,16H2,1-2H3,(H,30,31). The van der Waals surface area contributed by atoms with E-state index in [1.807, 2.05) is 60.7 Å². The molecule has 3 heterocycles. The van der Waals surface area contributed by atoms with Crippen molar-refractivity contribution in [2.45, 2.75) is 37.4 Å². The van der Waals surface area contributed by atoms with E-state index in [1.165, 1.54) is 13.3 Å². The number of carbonyl (C=O) groups excluding carboxylic acids is 2. The number of anilines is 1. The second kappa shape index (κ2) is 9.93. The van der Waals surface area contributed by atoms with Crippen LogP contribution in [0.5, 0.6) is 5.75 Å². The Balaban J connectivity index is 1.60. The average molecular weight is 487 g/mol. The van der Waals surface area contributed by atoms with Crippen molar-refractivity contribution in [1.29, 1.82) is 0 Å². The molecule has 5 rings (SSSR count). The molecule has 1 amide bonds. The Hall–Kier alpha value is -4.01. The van der Waals surface area contributed by atoms with Crippen LogP contribution >= 0.6 is 0 Å². The van der Waals surface area contributed by atoms with Gasteiger partial charge in [-0.1, -0.05) is 48.5 Å². The normalized spacial score (nSPS) is 23.3. The molecule has 2 aliphatic rings. The predicted octanol–water partition coefficient (Wildman–Crippen LogP) is 3.69. The maximum atomic E-state index is 13.5. The lowest BCUT2D eigenvalue weighted by atomic mass is 9.88. The van der Waals surface area contributed by atoms with E-state index in [9.17, 15) is 9.59 Å². The van der Waals surface area contributed by atoms with Crippen molar-refractivity contribution >= 4 is 17.6 Å². The number of fused-ring (bicyclic) bond motifs is 2. The first-order valence-electron chi connectivity index (χ1n) is 11.7. The van der Waals surface area contributed by atoms with Crippen LogP contribution in [-0.4, -0.2) is 48.1 Å². The van der Waals surface area contributed by atoms with Gasteiger partial charge in [-0.05, 0) is 36.8 Å². The Morgan fingerprint density at radius 3 is 2.42 bits per heavy atom. The van der Waals surface area contributed by atoms with Gasteiger partial charge in [0.15, 0.2) is 6.10 Å². The summed E-state index contributed by atoms with van der Waals surface area (Å²) in [5.41, 5.74) is 1.62. The van der Waals surface area contributed by atoms with Crippen LogP contribution in [0.3, 0.4) is 0 Å². The average Bonchev–Trinajstić information content (AvgIpc) is 3.43. The first kappa shape index (κ1) is 23.7. The number of carbonyl (C=O) groups is 2. The monoisotopic (exact) mass is 486 g/mol. The fourth-order valence-electron chi connectivity index (χ4n) is 4.68. The van der Waals surface area contributed by atoms with Gasteiger partial charge in [0.25, 0.3) is 5.91 Å². The highest BCUT2D eigenvalue weighted by atomic mass is 16.8. The molecular weight excluding hydrogens is 460 g/mol. The van der Waals surface area contributed by atoms with Crippen LogP contribution in [-0.2, 0) is 30.2 Å². The molecule has 1 saturated heterocycles. The molecule has 1 N–H and O–H groups in total. The molecule has 2 aliphatic heterocycles. The Bertz CT molecular complexity index is 1220. The number of hydrogen-bond acceptors (Lipinski definition) is 7. The van der Waals surface area contributed by atoms with E-state index in [-0.39, 0.29) is 11.1 Å². The number of pyridine rings is 1. The molecule has 2 bridgehead atoms. The molecule has 8 nitrogen and oxygen atoms in total. The van der Waals surface area contributed by atoms with Crippen LogP contribution in [0.15, 0.2) is 96.3 Å². The number of rotatable bonds is 8. The summed E-state index contributed by atoms with van der Waals surface area (Å²) in [6.45, 7) is 1.81. The summed E-state index contributed by atoms with van der Waals surface area (Å²) in [5, 5.41) is 2.81. The number of nitrogens with zero attached hydrogens (tertiary/aromatic N) is 1. The molecule has 0 aliphatic carbocycles. The lowest BCUT2D eigenvalue weighted by molar-refractivity contribution is -0.195. The van der Waals surface area contributed by atoms with Crippen molar-refractivity contribution in [3.8, 4) is 5.75 Å². The topological polar surface area (TPSA) is 96.0 Å². The summed E-state index contributed by atoms with van der Waals surface area (Å²) in [7, 11) is 1.26. The maximum absolute atomic E-state index is 13.5. The van der Waals surface area contributed by atoms with Gasteiger partial charge < -0.3 is 24.3 Å². The minimum absolute atomic E-state index is 0.00588. The molecule has 0 radical (unpaired) electrons. The Morgan fingerprint density at radius 1 is 1.03 bits per heavy atom. The third-order valence-corrected chi connectivity index (χ3v) is 6.25. The number of nitrogens with one attached hydrogen (secondary N) is 1. The van der Waals surface area contributed by atoms with E-state index < -0.39 is 36.0 Å². The van der Waals surface area contributed by atoms with E-state index in [2.05, 4.69) is 10.3 Å². The summed E-state index contributed by atoms with van der Waals surface area (Å²) < 4.78 is 24.2. The third-order valence-electron chi connectivity index (χ3n) is 6.25. The SMILES string of the molecule is COC(=O)C1=C(C(=O)Nc2cccnc2)C2OC1(C(Cc1ccccc1)Oc1ccccc1)OC2C. The van der Waals surface area contributed by atoms with Crippen LogP contribution in [0, 0.1) is 0 Å². The van der Waals surface area contributed by atoms with Gasteiger partial charge >= 0.3 is 5.97 Å². The van der Waals surface area contributed by atoms with Gasteiger partial charge in [0, 0.05) is 12.6 Å². The smallest absolute Gasteiger partial charge is 0.339 e. The van der Waals surface area contributed by atoms with Gasteiger partial charge in [0.05, 0.1) is 30.7 Å². The van der Waals surface area contributed by atoms with Crippen LogP contribution in [0.25, 0.3) is 0 Å². The van der Waals surface area contributed by atoms with Crippen molar-refractivity contribution in [3.05, 3.63) is 102 Å². The lowest BCUT2D eigenvalue weighted by Crippen LogP contribution is -2.52. The van der Waals surface area contributed by atoms with E-state index in [0.717, 1.165) is 5.56 Å². The predicted molar refractivity (Wildman–Crippen MR) is 131 cm³/mol. The largest absolute Gasteiger partial charge is 0.484 e. The van der Waals surface area contributed by atoms with E-state index in [1.54, 1.807) is 25.3 Å². The fourth-order valence-corrected chi connectivity index (χ4v) is 4.68. The summed E-state index contributed by atoms with van der Waals surface area (Å²) in [6.07, 6.45) is 1.39. The highest BCUT2D eigenvalue weighted by Crippen LogP contribution is 2.50. The molecule has 4 unspecified atom stereocenters. The Morgan fingerprint density at radius 2 is 1.75 bits per heavy atom. The quantitative estimate of drug-likeness (QED) is 0.485. The van der Waals surface area contributed by atoms with Crippen molar-refractivity contribution in [2.75, 3.05) is 12.4 Å². The maximum Gasteiger partial charge on any atom is 0.339 e. The number of benzene rings is 2. The zero-order valence-electron chi connectivity index (χ0n) is 19.9.